The van der Waals surface area contributed by atoms with Gasteiger partial charge in [0.05, 0.1) is 19.2 Å². The minimum absolute atomic E-state index is 0.0526. The van der Waals surface area contributed by atoms with Gasteiger partial charge >= 0.3 is 11.9 Å². The molecule has 1 N–H and O–H groups in total. The summed E-state index contributed by atoms with van der Waals surface area (Å²) in [5.74, 6) is -0.951. The van der Waals surface area contributed by atoms with Crippen molar-refractivity contribution in [2.75, 3.05) is 44.2 Å². The lowest BCUT2D eigenvalue weighted by atomic mass is 9.94. The predicted molar refractivity (Wildman–Crippen MR) is 139 cm³/mol. The number of hydrogen-bond donors (Lipinski definition) is 1. The van der Waals surface area contributed by atoms with Crippen molar-refractivity contribution in [2.24, 2.45) is 5.92 Å². The molecule has 1 aromatic heterocycles. The van der Waals surface area contributed by atoms with E-state index in [9.17, 15) is 19.2 Å². The summed E-state index contributed by atoms with van der Waals surface area (Å²) >= 11 is 0. The minimum Gasteiger partial charge on any atom is -0.467 e. The van der Waals surface area contributed by atoms with Crippen molar-refractivity contribution in [1.29, 1.82) is 0 Å². The Morgan fingerprint density at radius 3 is 2.53 bits per heavy atom. The van der Waals surface area contributed by atoms with Crippen molar-refractivity contribution >= 4 is 35.2 Å². The monoisotopic (exact) mass is 516 g/mol. The molecule has 1 aromatic carbocycles. The number of imide groups is 1. The first-order chi connectivity index (χ1) is 18.5. The highest BCUT2D eigenvalue weighted by Gasteiger charge is 2.47. The highest BCUT2D eigenvalue weighted by molar-refractivity contribution is 6.16. The maximum absolute atomic E-state index is 13.4. The number of anilines is 1. The summed E-state index contributed by atoms with van der Waals surface area (Å²) in [6.45, 7) is 2.46. The van der Waals surface area contributed by atoms with Crippen LogP contribution in [0.1, 0.15) is 12.2 Å². The van der Waals surface area contributed by atoms with Gasteiger partial charge in [0, 0.05) is 31.9 Å². The molecule has 3 aliphatic rings. The maximum Gasteiger partial charge on any atom is 0.501 e. The second-order valence-corrected chi connectivity index (χ2v) is 9.31. The van der Waals surface area contributed by atoms with Gasteiger partial charge in [-0.1, -0.05) is 36.4 Å². The molecule has 5 amide bonds. The third-order valence-corrected chi connectivity index (χ3v) is 6.96. The lowest BCUT2D eigenvalue weighted by Crippen LogP contribution is -2.57. The number of carbonyl (C=O) groups is 4. The van der Waals surface area contributed by atoms with Crippen LogP contribution >= 0.6 is 0 Å². The number of hydrogen-bond acceptors (Lipinski definition) is 6. The smallest absolute Gasteiger partial charge is 0.467 e. The third kappa shape index (κ3) is 5.44. The number of allylic oxidation sites excluding steroid dienone is 3. The second kappa shape index (κ2) is 11.3. The van der Waals surface area contributed by atoms with Crippen LogP contribution in [0.25, 0.3) is 0 Å². The van der Waals surface area contributed by atoms with Crippen LogP contribution in [0.3, 0.4) is 0 Å². The summed E-state index contributed by atoms with van der Waals surface area (Å²) in [7, 11) is 0. The fourth-order valence-corrected chi connectivity index (χ4v) is 4.87. The zero-order valence-electron chi connectivity index (χ0n) is 21.0. The first kappa shape index (κ1) is 25.2. The lowest BCUT2D eigenvalue weighted by Gasteiger charge is -2.36. The lowest BCUT2D eigenvalue weighted by molar-refractivity contribution is -0.429. The van der Waals surface area contributed by atoms with Gasteiger partial charge < -0.3 is 19.5 Å². The quantitative estimate of drug-likeness (QED) is 0.537. The standard InChI is InChI=1S/C28H29N5O5/c34-25(29-19-22-9-6-18-38-22)12-13-32-27(36)23-10-4-5-11-24(23)33(28(32)37)20-26(35)31-16-14-30(15-17-31)21-7-2-1-3-8-21/h1-11,18,23H,12-17,19-20H2/p+1. The molecule has 1 aliphatic carbocycles. The van der Waals surface area contributed by atoms with Gasteiger partial charge in [-0.25, -0.2) is 4.79 Å². The van der Waals surface area contributed by atoms with Crippen LogP contribution in [0.5, 0.6) is 0 Å². The van der Waals surface area contributed by atoms with Gasteiger partial charge in [0.25, 0.3) is 5.91 Å². The SMILES string of the molecule is O=C(CCN1C(=O)C2C=CC=CC2=[N+](CC(=O)N2CCN(c3ccccc3)CC2)C1=O)NCc1ccco1. The van der Waals surface area contributed by atoms with Crippen LogP contribution in [0.15, 0.2) is 77.4 Å². The van der Waals surface area contributed by atoms with E-state index >= 15 is 0 Å². The molecular formula is C28H30N5O5+. The average molecular weight is 517 g/mol. The van der Waals surface area contributed by atoms with Crippen LogP contribution in [0, 0.1) is 5.92 Å². The highest BCUT2D eigenvalue weighted by Crippen LogP contribution is 2.21. The molecule has 10 heteroatoms. The first-order valence-corrected chi connectivity index (χ1v) is 12.7. The van der Waals surface area contributed by atoms with Crippen molar-refractivity contribution < 1.29 is 28.2 Å². The van der Waals surface area contributed by atoms with Gasteiger partial charge in [-0.2, -0.15) is 14.3 Å². The van der Waals surface area contributed by atoms with Crippen molar-refractivity contribution in [3.63, 3.8) is 0 Å². The van der Waals surface area contributed by atoms with Crippen molar-refractivity contribution in [3.8, 4) is 0 Å². The summed E-state index contributed by atoms with van der Waals surface area (Å²) in [6, 6.07) is 12.9. The number of fused-ring (bicyclic) bond motifs is 1. The molecule has 2 aromatic rings. The Balaban J connectivity index is 1.23. The molecule has 0 bridgehead atoms. The Bertz CT molecular complexity index is 1290. The van der Waals surface area contributed by atoms with E-state index in [1.165, 1.54) is 10.8 Å². The van der Waals surface area contributed by atoms with E-state index in [1.54, 1.807) is 41.3 Å². The fourth-order valence-electron chi connectivity index (χ4n) is 4.87. The van der Waals surface area contributed by atoms with Crippen LogP contribution in [0.2, 0.25) is 0 Å². The largest absolute Gasteiger partial charge is 0.501 e. The summed E-state index contributed by atoms with van der Waals surface area (Å²) in [5, 5.41) is 2.72. The van der Waals surface area contributed by atoms with E-state index in [4.69, 9.17) is 4.42 Å². The third-order valence-electron chi connectivity index (χ3n) is 6.96. The number of urea groups is 1. The molecule has 1 unspecified atom stereocenters. The molecule has 38 heavy (non-hydrogen) atoms. The van der Waals surface area contributed by atoms with E-state index < -0.39 is 17.9 Å². The number of nitrogens with one attached hydrogen (secondary N) is 1. The Hall–Kier alpha value is -4.47. The Kier molecular flexibility index (Phi) is 7.48. The van der Waals surface area contributed by atoms with Crippen LogP contribution < -0.4 is 10.2 Å². The van der Waals surface area contributed by atoms with E-state index in [2.05, 4.69) is 10.2 Å². The summed E-state index contributed by atoms with van der Waals surface area (Å²) in [5.41, 5.74) is 1.60. The number of rotatable bonds is 8. The fraction of sp³-hybridized carbons (Fsp3) is 0.321. The molecule has 10 nitrogen and oxygen atoms in total. The molecule has 1 saturated heterocycles. The number of carbonyl (C=O) groups excluding carboxylic acids is 4. The van der Waals surface area contributed by atoms with E-state index in [0.29, 0.717) is 37.7 Å². The van der Waals surface area contributed by atoms with Gasteiger partial charge in [0.1, 0.15) is 23.9 Å². The number of benzene rings is 1. The van der Waals surface area contributed by atoms with Crippen molar-refractivity contribution in [3.05, 3.63) is 78.8 Å². The molecule has 3 heterocycles. The van der Waals surface area contributed by atoms with Gasteiger partial charge in [0.2, 0.25) is 5.91 Å². The number of piperazine rings is 1. The van der Waals surface area contributed by atoms with Gasteiger partial charge in [-0.3, -0.25) is 9.59 Å². The molecule has 0 saturated carbocycles. The molecule has 2 aliphatic heterocycles. The van der Waals surface area contributed by atoms with Crippen LogP contribution in [-0.4, -0.2) is 83.1 Å². The van der Waals surface area contributed by atoms with Gasteiger partial charge in [-0.15, -0.1) is 0 Å². The van der Waals surface area contributed by atoms with E-state index in [-0.39, 0.29) is 37.9 Å². The second-order valence-electron chi connectivity index (χ2n) is 9.31. The van der Waals surface area contributed by atoms with Crippen LogP contribution in [0.4, 0.5) is 10.5 Å². The first-order valence-electron chi connectivity index (χ1n) is 12.7. The Morgan fingerprint density at radius 1 is 1.00 bits per heavy atom. The Labute approximate surface area is 220 Å². The zero-order chi connectivity index (χ0) is 26.5. The predicted octanol–water partition coefficient (Wildman–Crippen LogP) is 1.79. The topological polar surface area (TPSA) is 106 Å². The molecule has 1 fully saturated rings. The summed E-state index contributed by atoms with van der Waals surface area (Å²) in [6.07, 6.45) is 8.38. The molecule has 5 rings (SSSR count). The number of amides is 5. The maximum atomic E-state index is 13.4. The number of furan rings is 1. The van der Waals surface area contributed by atoms with Gasteiger partial charge in [-0.05, 0) is 30.3 Å². The molecule has 1 atom stereocenters. The minimum atomic E-state index is -0.674. The Morgan fingerprint density at radius 2 is 1.79 bits per heavy atom. The van der Waals surface area contributed by atoms with E-state index in [1.807, 2.05) is 30.3 Å². The number of para-hydroxylation sites is 1. The molecule has 0 radical (unpaired) electrons. The van der Waals surface area contributed by atoms with Crippen molar-refractivity contribution in [1.82, 2.24) is 15.1 Å². The zero-order valence-corrected chi connectivity index (χ0v) is 21.0. The normalized spacial score (nSPS) is 19.2. The average Bonchev–Trinajstić information content (AvgIpc) is 3.48. The molecule has 0 spiro atoms. The van der Waals surface area contributed by atoms with Crippen molar-refractivity contribution in [2.45, 2.75) is 13.0 Å². The van der Waals surface area contributed by atoms with Crippen LogP contribution in [-0.2, 0) is 20.9 Å². The van der Waals surface area contributed by atoms with Gasteiger partial charge in [0.15, 0.2) is 6.54 Å². The summed E-state index contributed by atoms with van der Waals surface area (Å²) < 4.78 is 6.58. The molecular weight excluding hydrogens is 486 g/mol. The van der Waals surface area contributed by atoms with E-state index in [0.717, 1.165) is 10.6 Å². The molecule has 196 valence electrons. The highest BCUT2D eigenvalue weighted by atomic mass is 16.3. The summed E-state index contributed by atoms with van der Waals surface area (Å²) in [4.78, 5) is 57.3. The number of nitrogens with zero attached hydrogens (tertiary/aromatic N) is 4.